The molecule has 1 aliphatic carbocycles. The first kappa shape index (κ1) is 11.4. The molecule has 0 saturated heterocycles. The quantitative estimate of drug-likeness (QED) is 0.513. The molecular weight excluding hydrogens is 200 g/mol. The molecule has 15 heavy (non-hydrogen) atoms. The normalized spacial score (nSPS) is 34.7. The van der Waals surface area contributed by atoms with Gasteiger partial charge in [-0.05, 0) is 13.0 Å². The zero-order valence-electron chi connectivity index (χ0n) is 8.76. The number of nitrogens with zero attached hydrogens (tertiary/aromatic N) is 2. The molecule has 0 heterocycles. The van der Waals surface area contributed by atoms with E-state index >= 15 is 0 Å². The Labute approximate surface area is 86.6 Å². The second-order valence-corrected chi connectivity index (χ2v) is 3.94. The molecule has 0 aliphatic heterocycles. The molecule has 1 rings (SSSR count). The van der Waals surface area contributed by atoms with E-state index in [-0.39, 0.29) is 0 Å². The Morgan fingerprint density at radius 3 is 2.07 bits per heavy atom. The van der Waals surface area contributed by atoms with Crippen molar-refractivity contribution in [3.63, 3.8) is 0 Å². The number of nitro groups is 2. The summed E-state index contributed by atoms with van der Waals surface area (Å²) in [6, 6.07) is 0. The van der Waals surface area contributed by atoms with Crippen LogP contribution in [0.4, 0.5) is 0 Å². The van der Waals surface area contributed by atoms with E-state index in [1.54, 1.807) is 0 Å². The van der Waals surface area contributed by atoms with Crippen LogP contribution in [-0.2, 0) is 0 Å². The lowest BCUT2D eigenvalue weighted by Crippen LogP contribution is -2.60. The predicted molar refractivity (Wildman–Crippen MR) is 53.7 cm³/mol. The molecule has 6 nitrogen and oxygen atoms in total. The van der Waals surface area contributed by atoms with Crippen molar-refractivity contribution in [2.45, 2.75) is 31.8 Å². The van der Waals surface area contributed by atoms with E-state index in [1.807, 2.05) is 0 Å². The van der Waals surface area contributed by atoms with Gasteiger partial charge in [0.1, 0.15) is 0 Å². The van der Waals surface area contributed by atoms with Crippen LogP contribution in [0, 0.1) is 20.2 Å². The second kappa shape index (κ2) is 3.15. The summed E-state index contributed by atoms with van der Waals surface area (Å²) < 4.78 is 0. The van der Waals surface area contributed by atoms with Gasteiger partial charge in [0.25, 0.3) is 0 Å². The summed E-state index contributed by atoms with van der Waals surface area (Å²) in [5.74, 6) is 0. The van der Waals surface area contributed by atoms with Gasteiger partial charge in [0.2, 0.25) is 0 Å². The van der Waals surface area contributed by atoms with Gasteiger partial charge in [0, 0.05) is 29.3 Å². The Morgan fingerprint density at radius 1 is 1.20 bits per heavy atom. The average molecular weight is 212 g/mol. The first-order chi connectivity index (χ1) is 6.76. The number of hydrogen-bond acceptors (Lipinski definition) is 4. The topological polar surface area (TPSA) is 86.3 Å². The van der Waals surface area contributed by atoms with Crippen molar-refractivity contribution in [1.29, 1.82) is 0 Å². The Hall–Kier alpha value is -1.72. The van der Waals surface area contributed by atoms with E-state index < -0.39 is 20.9 Å². The summed E-state index contributed by atoms with van der Waals surface area (Å²) in [5, 5.41) is 22.0. The maximum Gasteiger partial charge on any atom is 0.312 e. The van der Waals surface area contributed by atoms with Crippen molar-refractivity contribution in [3.8, 4) is 0 Å². The van der Waals surface area contributed by atoms with Gasteiger partial charge in [0.15, 0.2) is 0 Å². The van der Waals surface area contributed by atoms with Crippen LogP contribution in [0.25, 0.3) is 0 Å². The van der Waals surface area contributed by atoms with E-state index in [4.69, 9.17) is 0 Å². The third kappa shape index (κ3) is 1.25. The molecule has 2 atom stereocenters. The fraction of sp³-hybridized carbons (Fsp3) is 0.556. The summed E-state index contributed by atoms with van der Waals surface area (Å²) in [4.78, 5) is 20.8. The van der Waals surface area contributed by atoms with E-state index in [0.29, 0.717) is 5.57 Å². The zero-order chi connectivity index (χ0) is 11.9. The van der Waals surface area contributed by atoms with Crippen molar-refractivity contribution in [2.24, 2.45) is 0 Å². The van der Waals surface area contributed by atoms with Crippen LogP contribution in [0.1, 0.15) is 20.8 Å². The van der Waals surface area contributed by atoms with Crippen LogP contribution in [0.3, 0.4) is 0 Å². The van der Waals surface area contributed by atoms with E-state index in [0.717, 1.165) is 0 Å². The molecule has 0 aromatic heterocycles. The molecule has 0 aromatic rings. The highest BCUT2D eigenvalue weighted by Crippen LogP contribution is 2.38. The van der Waals surface area contributed by atoms with Gasteiger partial charge in [-0.2, -0.15) is 0 Å². The SMILES string of the molecule is CC1=CC=CC(C)([N+](=O)[O-])C1(C)[N+](=O)[O-]. The smallest absolute Gasteiger partial charge is 0.263 e. The average Bonchev–Trinajstić information content (AvgIpc) is 2.13. The lowest BCUT2D eigenvalue weighted by Gasteiger charge is -2.32. The third-order valence-corrected chi connectivity index (χ3v) is 3.26. The summed E-state index contributed by atoms with van der Waals surface area (Å²) in [7, 11) is 0. The first-order valence-electron chi connectivity index (χ1n) is 4.42. The highest BCUT2D eigenvalue weighted by atomic mass is 16.6. The van der Waals surface area contributed by atoms with E-state index in [1.165, 1.54) is 39.0 Å². The molecule has 0 amide bonds. The first-order valence-corrected chi connectivity index (χ1v) is 4.42. The molecule has 0 spiro atoms. The predicted octanol–water partition coefficient (Wildman–Crippen LogP) is 1.57. The third-order valence-electron chi connectivity index (χ3n) is 3.26. The summed E-state index contributed by atoms with van der Waals surface area (Å²) in [6.45, 7) is 4.09. The van der Waals surface area contributed by atoms with Crippen LogP contribution in [0.2, 0.25) is 0 Å². The van der Waals surface area contributed by atoms with Gasteiger partial charge < -0.3 is 0 Å². The fourth-order valence-electron chi connectivity index (χ4n) is 1.67. The Bertz CT molecular complexity index is 388. The van der Waals surface area contributed by atoms with E-state index in [9.17, 15) is 20.2 Å². The Balaban J connectivity index is 3.43. The minimum atomic E-state index is -1.70. The molecule has 0 radical (unpaired) electrons. The van der Waals surface area contributed by atoms with Crippen LogP contribution >= 0.6 is 0 Å². The highest BCUT2D eigenvalue weighted by molar-refractivity contribution is 5.33. The molecule has 0 aromatic carbocycles. The van der Waals surface area contributed by atoms with Crippen molar-refractivity contribution >= 4 is 0 Å². The van der Waals surface area contributed by atoms with Crippen LogP contribution < -0.4 is 0 Å². The lowest BCUT2D eigenvalue weighted by molar-refractivity contribution is -0.661. The molecule has 82 valence electrons. The molecule has 0 saturated carbocycles. The molecule has 2 unspecified atom stereocenters. The van der Waals surface area contributed by atoms with Gasteiger partial charge >= 0.3 is 11.1 Å². The van der Waals surface area contributed by atoms with Gasteiger partial charge in [0.05, 0.1) is 0 Å². The van der Waals surface area contributed by atoms with E-state index in [2.05, 4.69) is 0 Å². The van der Waals surface area contributed by atoms with Crippen molar-refractivity contribution in [2.75, 3.05) is 0 Å². The summed E-state index contributed by atoms with van der Waals surface area (Å²) >= 11 is 0. The second-order valence-electron chi connectivity index (χ2n) is 3.94. The summed E-state index contributed by atoms with van der Waals surface area (Å²) in [6.07, 6.45) is 4.29. The molecule has 6 heteroatoms. The minimum Gasteiger partial charge on any atom is -0.263 e. The van der Waals surface area contributed by atoms with Crippen molar-refractivity contribution in [1.82, 2.24) is 0 Å². The fourth-order valence-corrected chi connectivity index (χ4v) is 1.67. The highest BCUT2D eigenvalue weighted by Gasteiger charge is 2.65. The van der Waals surface area contributed by atoms with Crippen LogP contribution in [-0.4, -0.2) is 20.9 Å². The van der Waals surface area contributed by atoms with Gasteiger partial charge in [-0.3, -0.25) is 20.2 Å². The lowest BCUT2D eigenvalue weighted by atomic mass is 9.72. The molecule has 0 N–H and O–H groups in total. The molecular formula is C9H12N2O4. The van der Waals surface area contributed by atoms with Gasteiger partial charge in [-0.25, -0.2) is 0 Å². The Morgan fingerprint density at radius 2 is 1.73 bits per heavy atom. The molecule has 0 fully saturated rings. The zero-order valence-corrected chi connectivity index (χ0v) is 8.76. The van der Waals surface area contributed by atoms with Gasteiger partial charge in [-0.1, -0.05) is 12.2 Å². The molecule has 0 bridgehead atoms. The number of allylic oxidation sites excluding steroid dienone is 2. The van der Waals surface area contributed by atoms with Crippen molar-refractivity contribution < 1.29 is 9.85 Å². The number of rotatable bonds is 2. The summed E-state index contributed by atoms with van der Waals surface area (Å²) in [5.41, 5.74) is -3.00. The maximum absolute atomic E-state index is 11.0. The maximum atomic E-state index is 11.0. The van der Waals surface area contributed by atoms with Crippen LogP contribution in [0.15, 0.2) is 23.8 Å². The standard InChI is InChI=1S/C9H12N2O4/c1-7-5-4-6-8(2,10(12)13)9(7,3)11(14)15/h4-6H,1-3H3. The van der Waals surface area contributed by atoms with Crippen molar-refractivity contribution in [3.05, 3.63) is 44.0 Å². The largest absolute Gasteiger partial charge is 0.312 e. The van der Waals surface area contributed by atoms with Crippen LogP contribution in [0.5, 0.6) is 0 Å². The van der Waals surface area contributed by atoms with Gasteiger partial charge in [-0.15, -0.1) is 0 Å². The monoisotopic (exact) mass is 212 g/mol. The number of hydrogen-bond donors (Lipinski definition) is 0. The molecule has 1 aliphatic rings. The Kier molecular flexibility index (Phi) is 2.38. The minimum absolute atomic E-state index is 0.384.